The van der Waals surface area contributed by atoms with Crippen molar-refractivity contribution in [3.63, 3.8) is 0 Å². The Morgan fingerprint density at radius 1 is 1.44 bits per heavy atom. The van der Waals surface area contributed by atoms with Crippen molar-refractivity contribution in [2.24, 2.45) is 5.73 Å². The van der Waals surface area contributed by atoms with Crippen LogP contribution in [0.4, 0.5) is 0 Å². The molecule has 0 saturated heterocycles. The van der Waals surface area contributed by atoms with Crippen LogP contribution in [-0.4, -0.2) is 24.0 Å². The minimum Gasteiger partial charge on any atom is -0.355 e. The highest BCUT2D eigenvalue weighted by Gasteiger charge is 2.10. The fraction of sp³-hybridized carbons (Fsp3) is 0.357. The van der Waals surface area contributed by atoms with Gasteiger partial charge in [0.05, 0.1) is 5.75 Å². The largest absolute Gasteiger partial charge is 0.355 e. The van der Waals surface area contributed by atoms with Crippen LogP contribution in [0.1, 0.15) is 18.0 Å². The van der Waals surface area contributed by atoms with Crippen LogP contribution in [0.3, 0.4) is 0 Å². The molecule has 3 nitrogen and oxygen atoms in total. The van der Waals surface area contributed by atoms with Gasteiger partial charge in [-0.2, -0.15) is 0 Å². The first-order valence-corrected chi connectivity index (χ1v) is 6.98. The lowest BCUT2D eigenvalue weighted by molar-refractivity contribution is -0.121. The van der Waals surface area contributed by atoms with Gasteiger partial charge in [-0.15, -0.1) is 18.2 Å². The van der Waals surface area contributed by atoms with Gasteiger partial charge in [-0.1, -0.05) is 36.3 Å². The summed E-state index contributed by atoms with van der Waals surface area (Å²) >= 11 is 1.63. The zero-order valence-corrected chi connectivity index (χ0v) is 11.1. The maximum absolute atomic E-state index is 11.6. The van der Waals surface area contributed by atoms with Crippen molar-refractivity contribution in [3.05, 3.63) is 35.9 Å². The fourth-order valence-corrected chi connectivity index (χ4v) is 1.99. The number of nitrogens with one attached hydrogen (secondary N) is 1. The molecule has 0 radical (unpaired) electrons. The summed E-state index contributed by atoms with van der Waals surface area (Å²) in [6.45, 7) is 0.632. The van der Waals surface area contributed by atoms with Crippen molar-refractivity contribution >= 4 is 17.7 Å². The Balaban J connectivity index is 2.22. The number of terminal acetylenes is 1. The minimum atomic E-state index is -0.246. The van der Waals surface area contributed by atoms with Crippen LogP contribution in [0.2, 0.25) is 0 Å². The number of thioether (sulfide) groups is 1. The second kappa shape index (κ2) is 8.62. The molecule has 3 N–H and O–H groups in total. The molecule has 1 amide bonds. The Hall–Kier alpha value is -1.44. The van der Waals surface area contributed by atoms with Gasteiger partial charge in [-0.25, -0.2) is 0 Å². The Morgan fingerprint density at radius 3 is 2.83 bits per heavy atom. The van der Waals surface area contributed by atoms with Crippen molar-refractivity contribution in [2.45, 2.75) is 12.5 Å². The van der Waals surface area contributed by atoms with Gasteiger partial charge in [0, 0.05) is 24.8 Å². The number of hydrogen-bond donors (Lipinski definition) is 2. The third kappa shape index (κ3) is 5.76. The van der Waals surface area contributed by atoms with Crippen LogP contribution < -0.4 is 11.1 Å². The van der Waals surface area contributed by atoms with Crippen LogP contribution in [0.25, 0.3) is 0 Å². The van der Waals surface area contributed by atoms with Crippen LogP contribution in [0, 0.1) is 12.3 Å². The minimum absolute atomic E-state index is 0.0207. The third-order valence-corrected chi connectivity index (χ3v) is 3.25. The van der Waals surface area contributed by atoms with E-state index >= 15 is 0 Å². The Labute approximate surface area is 113 Å². The van der Waals surface area contributed by atoms with Gasteiger partial charge in [-0.05, 0) is 5.56 Å². The topological polar surface area (TPSA) is 55.1 Å². The maximum Gasteiger partial charge on any atom is 0.221 e. The van der Waals surface area contributed by atoms with E-state index in [-0.39, 0.29) is 11.9 Å². The zero-order valence-electron chi connectivity index (χ0n) is 10.3. The molecule has 0 aliphatic rings. The van der Waals surface area contributed by atoms with Crippen molar-refractivity contribution < 1.29 is 4.79 Å². The molecule has 18 heavy (non-hydrogen) atoms. The normalized spacial score (nSPS) is 11.6. The van der Waals surface area contributed by atoms with E-state index in [9.17, 15) is 4.79 Å². The van der Waals surface area contributed by atoms with E-state index in [4.69, 9.17) is 12.2 Å². The highest BCUT2D eigenvalue weighted by atomic mass is 32.2. The summed E-state index contributed by atoms with van der Waals surface area (Å²) in [4.78, 5) is 11.6. The number of nitrogens with two attached hydrogens (primary N) is 1. The summed E-state index contributed by atoms with van der Waals surface area (Å²) in [5, 5.41) is 2.83. The standard InChI is InChI=1S/C14H18N2OS/c1-2-9-18-10-8-16-14(17)11-13(15)12-6-4-3-5-7-12/h1,3-7,13H,8-11,15H2,(H,16,17). The molecule has 1 aromatic rings. The van der Waals surface area contributed by atoms with Crippen molar-refractivity contribution in [2.75, 3.05) is 18.1 Å². The molecule has 0 saturated carbocycles. The Bertz CT molecular complexity index is 400. The molecule has 0 heterocycles. The van der Waals surface area contributed by atoms with E-state index in [2.05, 4.69) is 11.2 Å². The van der Waals surface area contributed by atoms with E-state index in [1.54, 1.807) is 11.8 Å². The average molecular weight is 262 g/mol. The lowest BCUT2D eigenvalue weighted by Crippen LogP contribution is -2.29. The molecule has 1 aromatic carbocycles. The summed E-state index contributed by atoms with van der Waals surface area (Å²) in [6.07, 6.45) is 5.44. The number of carbonyl (C=O) groups is 1. The van der Waals surface area contributed by atoms with Crippen LogP contribution in [-0.2, 0) is 4.79 Å². The highest BCUT2D eigenvalue weighted by Crippen LogP contribution is 2.12. The molecule has 0 bridgehead atoms. The van der Waals surface area contributed by atoms with Gasteiger partial charge in [0.2, 0.25) is 5.91 Å². The monoisotopic (exact) mass is 262 g/mol. The molecular weight excluding hydrogens is 244 g/mol. The lowest BCUT2D eigenvalue weighted by Gasteiger charge is -2.11. The number of carbonyl (C=O) groups excluding carboxylic acids is 1. The molecule has 1 unspecified atom stereocenters. The molecule has 96 valence electrons. The van der Waals surface area contributed by atoms with E-state index in [1.807, 2.05) is 30.3 Å². The molecule has 0 spiro atoms. The van der Waals surface area contributed by atoms with E-state index in [1.165, 1.54) is 0 Å². The number of rotatable bonds is 7. The molecule has 0 fully saturated rings. The molecule has 1 atom stereocenters. The molecule has 4 heteroatoms. The first kappa shape index (κ1) is 14.6. The Kier molecular flexibility index (Phi) is 7.00. The first-order chi connectivity index (χ1) is 8.74. The SMILES string of the molecule is C#CCSCCNC(=O)CC(N)c1ccccc1. The van der Waals surface area contributed by atoms with Crippen molar-refractivity contribution in [1.82, 2.24) is 5.32 Å². The van der Waals surface area contributed by atoms with Gasteiger partial charge in [-0.3, -0.25) is 4.79 Å². The van der Waals surface area contributed by atoms with Gasteiger partial charge in [0.25, 0.3) is 0 Å². The summed E-state index contributed by atoms with van der Waals surface area (Å²) in [5.74, 6) is 4.03. The second-order valence-electron chi connectivity index (χ2n) is 3.83. The van der Waals surface area contributed by atoms with E-state index in [0.717, 1.165) is 11.3 Å². The average Bonchev–Trinajstić information content (AvgIpc) is 2.39. The smallest absolute Gasteiger partial charge is 0.221 e. The van der Waals surface area contributed by atoms with Gasteiger partial charge in [0.1, 0.15) is 0 Å². The summed E-state index contributed by atoms with van der Waals surface area (Å²) in [6, 6.07) is 9.39. The van der Waals surface area contributed by atoms with Gasteiger partial charge in [0.15, 0.2) is 0 Å². The predicted octanol–water partition coefficient (Wildman–Crippen LogP) is 1.56. The number of amides is 1. The molecule has 0 aromatic heterocycles. The first-order valence-electron chi connectivity index (χ1n) is 5.82. The quantitative estimate of drug-likeness (QED) is 0.579. The van der Waals surface area contributed by atoms with Gasteiger partial charge >= 0.3 is 0 Å². The highest BCUT2D eigenvalue weighted by molar-refractivity contribution is 7.99. The van der Waals surface area contributed by atoms with Gasteiger partial charge < -0.3 is 11.1 Å². The van der Waals surface area contributed by atoms with E-state index in [0.29, 0.717) is 18.7 Å². The summed E-state index contributed by atoms with van der Waals surface area (Å²) in [5.41, 5.74) is 6.94. The molecule has 0 aliphatic carbocycles. The predicted molar refractivity (Wildman–Crippen MR) is 77.2 cm³/mol. The van der Waals surface area contributed by atoms with Crippen LogP contribution >= 0.6 is 11.8 Å². The lowest BCUT2D eigenvalue weighted by atomic mass is 10.0. The van der Waals surface area contributed by atoms with Crippen LogP contribution in [0.5, 0.6) is 0 Å². The molecule has 0 aliphatic heterocycles. The molecular formula is C14H18N2OS. The molecule has 1 rings (SSSR count). The van der Waals surface area contributed by atoms with Crippen molar-refractivity contribution in [1.29, 1.82) is 0 Å². The number of benzene rings is 1. The summed E-state index contributed by atoms with van der Waals surface area (Å²) in [7, 11) is 0. The van der Waals surface area contributed by atoms with Crippen molar-refractivity contribution in [3.8, 4) is 12.3 Å². The second-order valence-corrected chi connectivity index (χ2v) is 4.93. The number of hydrogen-bond acceptors (Lipinski definition) is 3. The third-order valence-electron chi connectivity index (χ3n) is 2.39. The summed E-state index contributed by atoms with van der Waals surface area (Å²) < 4.78 is 0. The Morgan fingerprint density at radius 2 is 2.17 bits per heavy atom. The van der Waals surface area contributed by atoms with E-state index < -0.39 is 0 Å². The van der Waals surface area contributed by atoms with Crippen LogP contribution in [0.15, 0.2) is 30.3 Å². The maximum atomic E-state index is 11.6. The fourth-order valence-electron chi connectivity index (χ4n) is 1.48. The zero-order chi connectivity index (χ0) is 13.2.